The van der Waals surface area contributed by atoms with Crippen molar-refractivity contribution in [1.82, 2.24) is 5.58 Å². The van der Waals surface area contributed by atoms with E-state index in [1.54, 1.807) is 0 Å². The second kappa shape index (κ2) is 9.71. The first-order chi connectivity index (χ1) is 24.0. The summed E-state index contributed by atoms with van der Waals surface area (Å²) in [5, 5.41) is -0.627. The van der Waals surface area contributed by atoms with Gasteiger partial charge in [0.25, 0.3) is 0 Å². The predicted molar refractivity (Wildman–Crippen MR) is 161 cm³/mol. The first-order valence-electron chi connectivity index (χ1n) is 14.4. The van der Waals surface area contributed by atoms with Crippen LogP contribution in [0, 0.1) is 46.5 Å². The van der Waals surface area contributed by atoms with Crippen LogP contribution in [0.4, 0.5) is 46.8 Å². The number of amidine groups is 4. The molecule has 0 spiro atoms. The van der Waals surface area contributed by atoms with Crippen LogP contribution in [0.2, 0.25) is 0 Å². The molecule has 0 radical (unpaired) electrons. The number of hydrogen-bond donors (Lipinski definition) is 0. The van der Waals surface area contributed by atoms with E-state index in [0.717, 1.165) is 54.1 Å². The van der Waals surface area contributed by atoms with Gasteiger partial charge in [0.05, 0.1) is 0 Å². The number of halogens is 8. The number of rotatable bonds is 0. The zero-order chi connectivity index (χ0) is 34.5. The van der Waals surface area contributed by atoms with Crippen LogP contribution in [0.5, 0.6) is 0 Å². The molecule has 2 aromatic heterocycles. The molecular formula is C32H8F8N8OSn. The van der Waals surface area contributed by atoms with E-state index in [1.165, 1.54) is 0 Å². The summed E-state index contributed by atoms with van der Waals surface area (Å²) in [6, 6.07) is 6.22. The number of aliphatic imine (C=N–C) groups is 4. The predicted octanol–water partition coefficient (Wildman–Crippen LogP) is 5.46. The number of hydrogen-bond acceptors (Lipinski definition) is 7. The topological polar surface area (TPSA) is 101 Å². The van der Waals surface area contributed by atoms with Crippen molar-refractivity contribution in [2.45, 2.75) is 0 Å². The summed E-state index contributed by atoms with van der Waals surface area (Å²) in [6.07, 6.45) is 0. The average Bonchev–Trinajstić information content (AvgIpc) is 3.74. The molecule has 6 heterocycles. The van der Waals surface area contributed by atoms with Gasteiger partial charge in [0.1, 0.15) is 0 Å². The third-order valence-electron chi connectivity index (χ3n) is 8.67. The normalized spacial score (nSPS) is 15.2. The van der Waals surface area contributed by atoms with Gasteiger partial charge in [0.2, 0.25) is 0 Å². The van der Waals surface area contributed by atoms with Crippen molar-refractivity contribution in [3.8, 4) is 0 Å². The summed E-state index contributed by atoms with van der Waals surface area (Å²) in [4.78, 5) is 26.8. The zero-order valence-electron chi connectivity index (χ0n) is 24.1. The third-order valence-corrected chi connectivity index (χ3v) is 13.3. The van der Waals surface area contributed by atoms with Gasteiger partial charge in [0.15, 0.2) is 0 Å². The number of aromatic nitrogens is 2. The Morgan fingerprint density at radius 3 is 1.04 bits per heavy atom. The van der Waals surface area contributed by atoms with Gasteiger partial charge in [-0.15, -0.1) is 0 Å². The molecule has 0 atom stereocenters. The van der Waals surface area contributed by atoms with Gasteiger partial charge in [0, 0.05) is 0 Å². The van der Waals surface area contributed by atoms with Crippen molar-refractivity contribution in [2.24, 2.45) is 30.0 Å². The van der Waals surface area contributed by atoms with Crippen molar-refractivity contribution in [3.63, 3.8) is 0 Å². The van der Waals surface area contributed by atoms with Crippen LogP contribution in [0.25, 0.3) is 21.5 Å². The molecule has 242 valence electrons. The van der Waals surface area contributed by atoms with E-state index < -0.39 is 66.8 Å². The summed E-state index contributed by atoms with van der Waals surface area (Å²) < 4.78 is 136. The monoisotopic (exact) mass is 792 g/mol. The van der Waals surface area contributed by atoms with Gasteiger partial charge in [-0.2, -0.15) is 0 Å². The molecule has 4 aromatic carbocycles. The Labute approximate surface area is 278 Å². The van der Waals surface area contributed by atoms with E-state index in [1.807, 2.05) is 0 Å². The second-order valence-corrected chi connectivity index (χ2v) is 15.6. The molecule has 0 N–H and O–H groups in total. The molecular weight excluding hydrogens is 783 g/mol. The first kappa shape index (κ1) is 29.2. The van der Waals surface area contributed by atoms with Gasteiger partial charge in [-0.05, 0) is 0 Å². The Morgan fingerprint density at radius 2 is 0.680 bits per heavy atom. The molecule has 6 bridgehead atoms. The molecule has 50 heavy (non-hydrogen) atoms. The molecule has 10 rings (SSSR count). The summed E-state index contributed by atoms with van der Waals surface area (Å²) in [6.45, 7) is 0. The molecule has 0 saturated heterocycles. The van der Waals surface area contributed by atoms with Crippen LogP contribution in [-0.4, -0.2) is 49.2 Å². The van der Waals surface area contributed by atoms with Crippen molar-refractivity contribution in [2.75, 3.05) is 0 Å². The molecule has 0 aliphatic carbocycles. The van der Waals surface area contributed by atoms with Crippen LogP contribution < -0.4 is 11.0 Å². The van der Waals surface area contributed by atoms with E-state index in [2.05, 4.69) is 30.0 Å². The standard InChI is InChI=1S/C32H8F8N8.O.Sn/c33-17-1-9-10(2-18(17)34)26-41-25(9)45-27-11-3-19(35)20(36)4-12(11)29(42-27)47-31-15-7-23(39)24(40)8-16(15)32(44-31)48-30-14-6-22(38)21(37)5-13(14)28(43-30)46-26;;/h1-8H;;/q-2;;+2. The molecule has 4 aliphatic rings. The number of nitrogens with zero attached hydrogens (tertiary/aromatic N) is 8. The fraction of sp³-hybridized carbons (Fsp3) is 0. The summed E-state index contributed by atoms with van der Waals surface area (Å²) in [7, 11) is 0. The molecule has 0 fully saturated rings. The maximum absolute atomic E-state index is 15.2. The first-order valence-corrected chi connectivity index (χ1v) is 18.1. The molecule has 0 unspecified atom stereocenters. The van der Waals surface area contributed by atoms with Crippen LogP contribution in [0.1, 0.15) is 22.3 Å². The van der Waals surface area contributed by atoms with E-state index >= 15 is 3.08 Å². The van der Waals surface area contributed by atoms with Gasteiger partial charge >= 0.3 is 279 Å². The minimum atomic E-state index is -5.15. The van der Waals surface area contributed by atoms with Gasteiger partial charge < -0.3 is 0 Å². The average molecular weight is 791 g/mol. The number of fused-ring (bicyclic) bond motifs is 14. The fourth-order valence-corrected chi connectivity index (χ4v) is 11.0. The van der Waals surface area contributed by atoms with Crippen molar-refractivity contribution in [3.05, 3.63) is 128 Å². The Morgan fingerprint density at radius 1 is 0.380 bits per heavy atom. The minimum absolute atomic E-state index is 0.0816. The van der Waals surface area contributed by atoms with Crippen LogP contribution in [0.3, 0.4) is 0 Å². The van der Waals surface area contributed by atoms with E-state index in [0.29, 0.717) is 0 Å². The zero-order valence-corrected chi connectivity index (χ0v) is 27.0. The Kier molecular flexibility index (Phi) is 5.67. The van der Waals surface area contributed by atoms with E-state index in [9.17, 15) is 35.1 Å². The Hall–Kier alpha value is -5.72. The molecule has 0 amide bonds. The van der Waals surface area contributed by atoms with Crippen molar-refractivity contribution < 1.29 is 38.2 Å². The van der Waals surface area contributed by atoms with Gasteiger partial charge in [-0.3, -0.25) is 0 Å². The summed E-state index contributed by atoms with van der Waals surface area (Å²) in [5.41, 5.74) is -0.964. The summed E-state index contributed by atoms with van der Waals surface area (Å²) in [5.74, 6) is -12.3. The van der Waals surface area contributed by atoms with Gasteiger partial charge in [-0.25, -0.2) is 0 Å². The Bertz CT molecular complexity index is 2810. The number of benzene rings is 4. The quantitative estimate of drug-likeness (QED) is 0.148. The fourth-order valence-electron chi connectivity index (χ4n) is 6.44. The summed E-state index contributed by atoms with van der Waals surface area (Å²) >= 11 is -5.15. The third kappa shape index (κ3) is 3.77. The molecule has 9 nitrogen and oxygen atoms in total. The molecule has 6 aromatic rings. The molecule has 18 heteroatoms. The molecule has 4 aliphatic heterocycles. The van der Waals surface area contributed by atoms with Crippen LogP contribution in [0.15, 0.2) is 78.5 Å². The van der Waals surface area contributed by atoms with E-state index in [-0.39, 0.29) is 89.8 Å². The molecule has 0 saturated carbocycles. The van der Waals surface area contributed by atoms with E-state index in [4.69, 9.17) is 0 Å². The Balaban J connectivity index is 1.50. The van der Waals surface area contributed by atoms with Crippen molar-refractivity contribution in [1.29, 1.82) is 0 Å². The van der Waals surface area contributed by atoms with Crippen LogP contribution >= 0.6 is 0 Å². The SMILES string of the molecule is [O]=[Sn]1[n]2c3c4cc(F)c(F)cc4c2N=C2N=C(N=c4c5cc(F)c(F)cc5c([n]41)=NC1=NC(=N3)c3cc(F)c(F)cc31)c1cc(F)c(F)cc12. The van der Waals surface area contributed by atoms with Gasteiger partial charge in [-0.1, -0.05) is 0 Å². The van der Waals surface area contributed by atoms with Crippen molar-refractivity contribution >= 4 is 76.8 Å². The van der Waals surface area contributed by atoms with Crippen LogP contribution in [-0.2, 0) is 3.08 Å². The second-order valence-electron chi connectivity index (χ2n) is 11.5. The maximum atomic E-state index is 15.2.